The maximum Gasteiger partial charge on any atom is 0.326 e. The van der Waals surface area contributed by atoms with Gasteiger partial charge < -0.3 is 20.5 Å². The second-order valence-electron chi connectivity index (χ2n) is 4.31. The minimum atomic E-state index is -1.17. The van der Waals surface area contributed by atoms with Crippen molar-refractivity contribution in [3.8, 4) is 0 Å². The molecule has 0 spiro atoms. The van der Waals surface area contributed by atoms with Gasteiger partial charge in [-0.1, -0.05) is 0 Å². The number of hydrogen-bond donors (Lipinski definition) is 3. The van der Waals surface area contributed by atoms with Gasteiger partial charge in [0, 0.05) is 25.1 Å². The molecule has 19 heavy (non-hydrogen) atoms. The Labute approximate surface area is 111 Å². The average Bonchev–Trinajstić information content (AvgIpc) is 2.30. The first kappa shape index (κ1) is 15.2. The largest absolute Gasteiger partial charge is 0.480 e. The van der Waals surface area contributed by atoms with E-state index in [-0.39, 0.29) is 12.8 Å². The van der Waals surface area contributed by atoms with Gasteiger partial charge in [-0.05, 0) is 18.9 Å². The molecule has 7 nitrogen and oxygen atoms in total. The molecule has 1 aliphatic rings. The first-order valence-corrected chi connectivity index (χ1v) is 5.95. The molecule has 1 aliphatic heterocycles. The van der Waals surface area contributed by atoms with Crippen LogP contribution < -0.4 is 10.6 Å². The summed E-state index contributed by atoms with van der Waals surface area (Å²) in [5.41, 5.74) is 1.50. The lowest BCUT2D eigenvalue weighted by atomic mass is 10.0. The minimum absolute atomic E-state index is 0.00854. The predicted octanol–water partition coefficient (Wildman–Crippen LogP) is -0.571. The highest BCUT2D eigenvalue weighted by Crippen LogP contribution is 2.09. The van der Waals surface area contributed by atoms with Crippen LogP contribution in [0.1, 0.15) is 19.8 Å². The molecule has 0 saturated carbocycles. The summed E-state index contributed by atoms with van der Waals surface area (Å²) in [6, 6.07) is -1.09. The monoisotopic (exact) mass is 270 g/mol. The number of nitrogens with one attached hydrogen (secondary N) is 2. The molecule has 1 saturated heterocycles. The number of carboxylic acids is 1. The number of carboxylic acid groups (broad SMARTS) is 1. The van der Waals surface area contributed by atoms with Crippen molar-refractivity contribution in [1.82, 2.24) is 10.6 Å². The Morgan fingerprint density at radius 2 is 2.05 bits per heavy atom. The van der Waals surface area contributed by atoms with E-state index in [1.807, 2.05) is 0 Å². The minimum Gasteiger partial charge on any atom is -0.480 e. The number of hydrogen-bond acceptors (Lipinski definition) is 5. The molecule has 0 aromatic rings. The predicted molar refractivity (Wildman–Crippen MR) is 66.4 cm³/mol. The van der Waals surface area contributed by atoms with Crippen molar-refractivity contribution in [1.29, 1.82) is 0 Å². The highest BCUT2D eigenvalue weighted by Gasteiger charge is 2.23. The highest BCUT2D eigenvalue weighted by atomic mass is 16.5. The highest BCUT2D eigenvalue weighted by molar-refractivity contribution is 5.96. The first-order valence-electron chi connectivity index (χ1n) is 5.95. The molecule has 0 radical (unpaired) electrons. The van der Waals surface area contributed by atoms with E-state index >= 15 is 0 Å². The van der Waals surface area contributed by atoms with Gasteiger partial charge in [0.2, 0.25) is 5.91 Å². The van der Waals surface area contributed by atoms with Gasteiger partial charge in [0.1, 0.15) is 6.04 Å². The second-order valence-corrected chi connectivity index (χ2v) is 4.31. The summed E-state index contributed by atoms with van der Waals surface area (Å²) in [4.78, 5) is 33.8. The summed E-state index contributed by atoms with van der Waals surface area (Å²) < 4.78 is 4.44. The normalized spacial score (nSPS) is 15.2. The third kappa shape index (κ3) is 4.36. The maximum absolute atomic E-state index is 11.8. The fraction of sp³-hybridized carbons (Fsp3) is 0.583. The van der Waals surface area contributed by atoms with Crippen LogP contribution in [0, 0.1) is 0 Å². The van der Waals surface area contributed by atoms with E-state index in [4.69, 9.17) is 5.11 Å². The Balaban J connectivity index is 2.55. The molecule has 1 fully saturated rings. The van der Waals surface area contributed by atoms with Crippen LogP contribution in [0.4, 0.5) is 0 Å². The number of ether oxygens (including phenoxy) is 1. The van der Waals surface area contributed by atoms with Crippen molar-refractivity contribution in [2.45, 2.75) is 25.8 Å². The Morgan fingerprint density at radius 1 is 1.42 bits per heavy atom. The maximum atomic E-state index is 11.8. The number of esters is 1. The van der Waals surface area contributed by atoms with E-state index in [0.29, 0.717) is 18.7 Å². The number of rotatable bonds is 6. The molecular weight excluding hydrogens is 252 g/mol. The quantitative estimate of drug-likeness (QED) is 0.441. The summed E-state index contributed by atoms with van der Waals surface area (Å²) in [5.74, 6) is -2.07. The zero-order valence-corrected chi connectivity index (χ0v) is 11.0. The lowest BCUT2D eigenvalue weighted by Crippen LogP contribution is -2.43. The number of amides is 1. The molecule has 1 rings (SSSR count). The van der Waals surface area contributed by atoms with Crippen LogP contribution in [0.5, 0.6) is 0 Å². The van der Waals surface area contributed by atoms with Crippen molar-refractivity contribution < 1.29 is 24.2 Å². The Kier molecular flexibility index (Phi) is 5.50. The SMILES string of the molecule is COC(=O)CC[C@@H](NC(=O)C(C)=C1CNC1)C(=O)O. The summed E-state index contributed by atoms with van der Waals surface area (Å²) in [5, 5.41) is 14.4. The van der Waals surface area contributed by atoms with Crippen molar-refractivity contribution >= 4 is 17.8 Å². The number of carbonyl (C=O) groups excluding carboxylic acids is 2. The Hall–Kier alpha value is -1.89. The molecule has 1 heterocycles. The molecule has 0 bridgehead atoms. The summed E-state index contributed by atoms with van der Waals surface area (Å²) in [7, 11) is 1.23. The van der Waals surface area contributed by atoms with Crippen LogP contribution in [0.25, 0.3) is 0 Å². The van der Waals surface area contributed by atoms with Crippen LogP contribution in [0.3, 0.4) is 0 Å². The number of methoxy groups -OCH3 is 1. The molecule has 3 N–H and O–H groups in total. The molecule has 106 valence electrons. The van der Waals surface area contributed by atoms with Crippen LogP contribution >= 0.6 is 0 Å². The molecule has 0 aromatic carbocycles. The van der Waals surface area contributed by atoms with E-state index in [1.54, 1.807) is 6.92 Å². The third-order valence-electron chi connectivity index (χ3n) is 3.02. The van der Waals surface area contributed by atoms with Gasteiger partial charge in [-0.2, -0.15) is 0 Å². The fourth-order valence-corrected chi connectivity index (χ4v) is 1.56. The summed E-state index contributed by atoms with van der Waals surface area (Å²) >= 11 is 0. The fourth-order valence-electron chi connectivity index (χ4n) is 1.56. The second kappa shape index (κ2) is 6.89. The average molecular weight is 270 g/mol. The Bertz CT molecular complexity index is 410. The summed E-state index contributed by atoms with van der Waals surface area (Å²) in [6.45, 7) is 2.96. The molecule has 1 atom stereocenters. The van der Waals surface area contributed by atoms with Crippen molar-refractivity contribution in [3.63, 3.8) is 0 Å². The van der Waals surface area contributed by atoms with Gasteiger partial charge in [0.25, 0.3) is 0 Å². The van der Waals surface area contributed by atoms with Crippen LogP contribution in [0.2, 0.25) is 0 Å². The standard InChI is InChI=1S/C12H18N2O5/c1-7(8-5-13-6-8)11(16)14-9(12(17)18)3-4-10(15)19-2/h9,13H,3-6H2,1-2H3,(H,14,16)(H,17,18)/t9-/m1/s1. The van der Waals surface area contributed by atoms with Crippen molar-refractivity contribution in [2.24, 2.45) is 0 Å². The molecule has 0 aliphatic carbocycles. The van der Waals surface area contributed by atoms with Crippen molar-refractivity contribution in [2.75, 3.05) is 20.2 Å². The van der Waals surface area contributed by atoms with Gasteiger partial charge in [0.05, 0.1) is 7.11 Å². The van der Waals surface area contributed by atoms with Crippen LogP contribution in [-0.4, -0.2) is 49.2 Å². The molecular formula is C12H18N2O5. The van der Waals surface area contributed by atoms with Gasteiger partial charge >= 0.3 is 11.9 Å². The summed E-state index contributed by atoms with van der Waals surface area (Å²) in [6.07, 6.45) is -0.0421. The lowest BCUT2D eigenvalue weighted by molar-refractivity contribution is -0.143. The lowest BCUT2D eigenvalue weighted by Gasteiger charge is -2.22. The van der Waals surface area contributed by atoms with E-state index in [9.17, 15) is 14.4 Å². The van der Waals surface area contributed by atoms with Crippen molar-refractivity contribution in [3.05, 3.63) is 11.1 Å². The van der Waals surface area contributed by atoms with E-state index in [0.717, 1.165) is 5.57 Å². The molecule has 1 amide bonds. The topological polar surface area (TPSA) is 105 Å². The smallest absolute Gasteiger partial charge is 0.326 e. The van der Waals surface area contributed by atoms with Gasteiger partial charge in [-0.3, -0.25) is 9.59 Å². The molecule has 0 aromatic heterocycles. The molecule has 7 heteroatoms. The zero-order valence-electron chi connectivity index (χ0n) is 11.0. The van der Waals surface area contributed by atoms with E-state index < -0.39 is 23.9 Å². The van der Waals surface area contributed by atoms with Crippen LogP contribution in [-0.2, 0) is 19.1 Å². The Morgan fingerprint density at radius 3 is 2.47 bits per heavy atom. The van der Waals surface area contributed by atoms with Gasteiger partial charge in [-0.25, -0.2) is 4.79 Å². The van der Waals surface area contributed by atoms with Gasteiger partial charge in [0.15, 0.2) is 0 Å². The first-order chi connectivity index (χ1) is 8.95. The van der Waals surface area contributed by atoms with E-state index in [2.05, 4.69) is 15.4 Å². The number of aliphatic carboxylic acids is 1. The third-order valence-corrected chi connectivity index (χ3v) is 3.02. The van der Waals surface area contributed by atoms with Gasteiger partial charge in [-0.15, -0.1) is 0 Å². The van der Waals surface area contributed by atoms with E-state index in [1.165, 1.54) is 7.11 Å². The zero-order chi connectivity index (χ0) is 14.4. The molecule has 0 unspecified atom stereocenters. The van der Waals surface area contributed by atoms with Crippen LogP contribution in [0.15, 0.2) is 11.1 Å². The number of carbonyl (C=O) groups is 3.